The molecule has 7 heteroatoms. The van der Waals surface area contributed by atoms with Crippen molar-refractivity contribution in [3.8, 4) is 0 Å². The van der Waals surface area contributed by atoms with E-state index in [0.717, 1.165) is 13.1 Å². The van der Waals surface area contributed by atoms with Gasteiger partial charge < -0.3 is 14.3 Å². The van der Waals surface area contributed by atoms with Crippen molar-refractivity contribution in [3.05, 3.63) is 12.2 Å². The van der Waals surface area contributed by atoms with E-state index >= 15 is 0 Å². The summed E-state index contributed by atoms with van der Waals surface area (Å²) < 4.78 is 15.7. The van der Waals surface area contributed by atoms with Crippen LogP contribution in [-0.2, 0) is 13.9 Å². The summed E-state index contributed by atoms with van der Waals surface area (Å²) in [6.07, 6.45) is 0. The fourth-order valence-electron chi connectivity index (χ4n) is 1.78. The zero-order valence-electron chi connectivity index (χ0n) is 11.0. The van der Waals surface area contributed by atoms with Crippen molar-refractivity contribution in [2.75, 3.05) is 46.0 Å². The van der Waals surface area contributed by atoms with Crippen LogP contribution in [0.4, 0.5) is 0 Å². The smallest absolute Gasteiger partial charge is 0.325 e. The summed E-state index contributed by atoms with van der Waals surface area (Å²) >= 11 is 0. The minimum Gasteiger partial charge on any atom is -0.336 e. The van der Waals surface area contributed by atoms with E-state index < -0.39 is 7.60 Å². The monoisotopic (exact) mass is 276 g/mol. The van der Waals surface area contributed by atoms with Crippen LogP contribution in [0.3, 0.4) is 0 Å². The van der Waals surface area contributed by atoms with Crippen LogP contribution < -0.4 is 0 Å². The maximum Gasteiger partial charge on any atom is 0.325 e. The van der Waals surface area contributed by atoms with Crippen molar-refractivity contribution < 1.29 is 18.8 Å². The summed E-state index contributed by atoms with van der Waals surface area (Å²) in [5.41, 5.74) is 0.555. The van der Waals surface area contributed by atoms with Gasteiger partial charge in [-0.2, -0.15) is 0 Å². The van der Waals surface area contributed by atoms with Crippen molar-refractivity contribution in [1.29, 1.82) is 0 Å². The van der Waals surface area contributed by atoms with Crippen LogP contribution in [0, 0.1) is 0 Å². The fraction of sp³-hybridized carbons (Fsp3) is 0.727. The van der Waals surface area contributed by atoms with Gasteiger partial charge in [-0.1, -0.05) is 6.58 Å². The molecule has 1 saturated heterocycles. The molecule has 1 N–H and O–H groups in total. The Morgan fingerprint density at radius 2 is 1.94 bits per heavy atom. The lowest BCUT2D eigenvalue weighted by molar-refractivity contribution is -0.128. The second-order valence-electron chi connectivity index (χ2n) is 4.55. The van der Waals surface area contributed by atoms with Crippen LogP contribution in [0.1, 0.15) is 6.92 Å². The number of piperazine rings is 1. The molecular weight excluding hydrogens is 255 g/mol. The van der Waals surface area contributed by atoms with E-state index in [9.17, 15) is 9.36 Å². The number of carbonyl (C=O) groups excluding carboxylic acids is 1. The van der Waals surface area contributed by atoms with Gasteiger partial charge in [0.2, 0.25) is 5.91 Å². The predicted octanol–water partition coefficient (Wildman–Crippen LogP) is 0.538. The SMILES string of the molecule is C=C(C)C(=O)N1CCN(CCOP(C)(=O)O)CC1. The molecule has 0 bridgehead atoms. The van der Waals surface area contributed by atoms with Gasteiger partial charge in [0.15, 0.2) is 0 Å². The first-order valence-electron chi connectivity index (χ1n) is 5.91. The highest BCUT2D eigenvalue weighted by atomic mass is 31.2. The van der Waals surface area contributed by atoms with Gasteiger partial charge >= 0.3 is 7.60 Å². The van der Waals surface area contributed by atoms with Crippen molar-refractivity contribution in [2.24, 2.45) is 0 Å². The van der Waals surface area contributed by atoms with Crippen LogP contribution in [0.25, 0.3) is 0 Å². The molecule has 0 aromatic heterocycles. The van der Waals surface area contributed by atoms with Gasteiger partial charge in [-0.15, -0.1) is 0 Å². The highest BCUT2D eigenvalue weighted by Crippen LogP contribution is 2.35. The number of hydrogen-bond donors (Lipinski definition) is 1. The van der Waals surface area contributed by atoms with E-state index in [-0.39, 0.29) is 12.5 Å². The second kappa shape index (κ2) is 6.48. The van der Waals surface area contributed by atoms with E-state index in [0.29, 0.717) is 25.2 Å². The van der Waals surface area contributed by atoms with E-state index in [1.165, 1.54) is 6.66 Å². The third kappa shape index (κ3) is 5.31. The molecule has 1 unspecified atom stereocenters. The Labute approximate surface area is 108 Å². The number of hydrogen-bond acceptors (Lipinski definition) is 4. The van der Waals surface area contributed by atoms with Crippen molar-refractivity contribution >= 4 is 13.5 Å². The van der Waals surface area contributed by atoms with Gasteiger partial charge in [0, 0.05) is 45.0 Å². The molecule has 0 aliphatic carbocycles. The minimum absolute atomic E-state index is 0.000632. The lowest BCUT2D eigenvalue weighted by Gasteiger charge is -2.34. The molecule has 1 rings (SSSR count). The average Bonchev–Trinajstić information content (AvgIpc) is 2.27. The lowest BCUT2D eigenvalue weighted by atomic mass is 10.2. The molecular formula is C11H21N2O4P. The van der Waals surface area contributed by atoms with E-state index in [2.05, 4.69) is 11.5 Å². The van der Waals surface area contributed by atoms with Crippen molar-refractivity contribution in [2.45, 2.75) is 6.92 Å². The zero-order valence-corrected chi connectivity index (χ0v) is 11.9. The molecule has 0 aromatic carbocycles. The molecule has 18 heavy (non-hydrogen) atoms. The Morgan fingerprint density at radius 3 is 2.39 bits per heavy atom. The molecule has 6 nitrogen and oxygen atoms in total. The average molecular weight is 276 g/mol. The van der Waals surface area contributed by atoms with Crippen LogP contribution >= 0.6 is 7.60 Å². The molecule has 1 aliphatic heterocycles. The first-order chi connectivity index (χ1) is 8.29. The molecule has 0 spiro atoms. The van der Waals surface area contributed by atoms with Crippen molar-refractivity contribution in [1.82, 2.24) is 9.80 Å². The standard InChI is InChI=1S/C11H21N2O4P/c1-10(2)11(14)13-6-4-12(5-7-13)8-9-17-18(3,15)16/h1,4-9H2,2-3H3,(H,15,16). The molecule has 0 saturated carbocycles. The number of amides is 1. The Bertz CT molecular complexity index is 358. The highest BCUT2D eigenvalue weighted by Gasteiger charge is 2.21. The van der Waals surface area contributed by atoms with Gasteiger partial charge in [-0.05, 0) is 6.92 Å². The Balaban J connectivity index is 2.25. The largest absolute Gasteiger partial charge is 0.336 e. The van der Waals surface area contributed by atoms with Gasteiger partial charge in [-0.25, -0.2) is 0 Å². The summed E-state index contributed by atoms with van der Waals surface area (Å²) in [6, 6.07) is 0. The predicted molar refractivity (Wildman–Crippen MR) is 69.5 cm³/mol. The topological polar surface area (TPSA) is 70.1 Å². The van der Waals surface area contributed by atoms with Crippen LogP contribution in [0.15, 0.2) is 12.2 Å². The number of nitrogens with zero attached hydrogens (tertiary/aromatic N) is 2. The summed E-state index contributed by atoms with van der Waals surface area (Å²) in [5, 5.41) is 0. The highest BCUT2D eigenvalue weighted by molar-refractivity contribution is 7.51. The van der Waals surface area contributed by atoms with E-state index in [1.54, 1.807) is 11.8 Å². The molecule has 1 aliphatic rings. The van der Waals surface area contributed by atoms with E-state index in [4.69, 9.17) is 9.42 Å². The fourth-order valence-corrected chi connectivity index (χ4v) is 2.20. The molecule has 104 valence electrons. The molecule has 1 atom stereocenters. The molecule has 0 aromatic rings. The first kappa shape index (κ1) is 15.4. The quantitative estimate of drug-likeness (QED) is 0.586. The second-order valence-corrected chi connectivity index (χ2v) is 6.41. The summed E-state index contributed by atoms with van der Waals surface area (Å²) in [7, 11) is -3.38. The van der Waals surface area contributed by atoms with E-state index in [1.807, 2.05) is 0 Å². The lowest BCUT2D eigenvalue weighted by Crippen LogP contribution is -2.49. The third-order valence-electron chi connectivity index (χ3n) is 2.76. The number of carbonyl (C=O) groups is 1. The summed E-state index contributed by atoms with van der Waals surface area (Å²) in [4.78, 5) is 24.5. The maximum atomic E-state index is 11.7. The summed E-state index contributed by atoms with van der Waals surface area (Å²) in [6.45, 7) is 10.2. The minimum atomic E-state index is -3.38. The molecule has 1 fully saturated rings. The van der Waals surface area contributed by atoms with Crippen molar-refractivity contribution in [3.63, 3.8) is 0 Å². The molecule has 1 heterocycles. The van der Waals surface area contributed by atoms with Crippen LogP contribution in [0.5, 0.6) is 0 Å². The Morgan fingerprint density at radius 1 is 1.39 bits per heavy atom. The first-order valence-corrected chi connectivity index (χ1v) is 7.94. The van der Waals surface area contributed by atoms with Gasteiger partial charge in [0.05, 0.1) is 6.61 Å². The third-order valence-corrected chi connectivity index (χ3v) is 3.42. The normalized spacial score (nSPS) is 20.5. The van der Waals surface area contributed by atoms with Gasteiger partial charge in [-0.3, -0.25) is 14.3 Å². The van der Waals surface area contributed by atoms with Crippen LogP contribution in [-0.4, -0.2) is 66.6 Å². The number of rotatable bonds is 5. The van der Waals surface area contributed by atoms with Gasteiger partial charge in [0.1, 0.15) is 0 Å². The van der Waals surface area contributed by atoms with Gasteiger partial charge in [0.25, 0.3) is 0 Å². The molecule has 1 amide bonds. The summed E-state index contributed by atoms with van der Waals surface area (Å²) in [5.74, 6) is -0.000632. The maximum absolute atomic E-state index is 11.7. The Kier molecular flexibility index (Phi) is 5.53. The Hall–Kier alpha value is -0.680. The zero-order chi connectivity index (χ0) is 13.8. The molecule has 0 radical (unpaired) electrons. The van der Waals surface area contributed by atoms with Crippen LogP contribution in [0.2, 0.25) is 0 Å².